The molecule has 0 heterocycles. The first-order chi connectivity index (χ1) is 9.49. The lowest BCUT2D eigenvalue weighted by Crippen LogP contribution is -2.17. The molecule has 2 rings (SSSR count). The molecule has 2 N–H and O–H groups in total. The zero-order valence-electron chi connectivity index (χ0n) is 10.9. The molecule has 5 nitrogen and oxygen atoms in total. The molecule has 0 atom stereocenters. The third kappa shape index (κ3) is 2.85. The zero-order chi connectivity index (χ0) is 14.7. The fourth-order valence-corrected chi connectivity index (χ4v) is 1.94. The van der Waals surface area contributed by atoms with Crippen molar-refractivity contribution in [1.29, 1.82) is 0 Å². The van der Waals surface area contributed by atoms with E-state index in [0.717, 1.165) is 5.69 Å². The average Bonchev–Trinajstić information content (AvgIpc) is 2.41. The second-order valence-corrected chi connectivity index (χ2v) is 4.44. The van der Waals surface area contributed by atoms with Crippen molar-refractivity contribution in [3.05, 3.63) is 64.0 Å². The SMILES string of the molecule is CN(Cc1cccc([N+](=O)[O-])c1N)c1ccc(F)cc1. The Bertz CT molecular complexity index is 629. The first kappa shape index (κ1) is 13.8. The summed E-state index contributed by atoms with van der Waals surface area (Å²) < 4.78 is 12.9. The van der Waals surface area contributed by atoms with Gasteiger partial charge in [-0.05, 0) is 24.3 Å². The van der Waals surface area contributed by atoms with E-state index in [1.54, 1.807) is 24.3 Å². The van der Waals surface area contributed by atoms with Gasteiger partial charge in [0, 0.05) is 30.9 Å². The molecule has 6 heteroatoms. The Hall–Kier alpha value is -2.63. The number of nitro groups is 1. The molecule has 104 valence electrons. The van der Waals surface area contributed by atoms with Crippen molar-refractivity contribution in [2.24, 2.45) is 0 Å². The van der Waals surface area contributed by atoms with Gasteiger partial charge < -0.3 is 10.6 Å². The third-order valence-corrected chi connectivity index (χ3v) is 3.05. The maximum absolute atomic E-state index is 12.9. The lowest BCUT2D eigenvalue weighted by Gasteiger charge is -2.20. The third-order valence-electron chi connectivity index (χ3n) is 3.05. The summed E-state index contributed by atoms with van der Waals surface area (Å²) in [5.74, 6) is -0.308. The minimum absolute atomic E-state index is 0.102. The molecule has 20 heavy (non-hydrogen) atoms. The largest absolute Gasteiger partial charge is 0.393 e. The van der Waals surface area contributed by atoms with Crippen LogP contribution in [-0.4, -0.2) is 12.0 Å². The van der Waals surface area contributed by atoms with Crippen molar-refractivity contribution in [1.82, 2.24) is 0 Å². The van der Waals surface area contributed by atoms with E-state index in [-0.39, 0.29) is 17.2 Å². The number of nitrogen functional groups attached to an aromatic ring is 1. The second kappa shape index (κ2) is 5.56. The van der Waals surface area contributed by atoms with Crippen LogP contribution in [0.1, 0.15) is 5.56 Å². The Morgan fingerprint density at radius 1 is 1.25 bits per heavy atom. The minimum atomic E-state index is -0.503. The van der Waals surface area contributed by atoms with Crippen LogP contribution in [-0.2, 0) is 6.54 Å². The van der Waals surface area contributed by atoms with Crippen molar-refractivity contribution in [3.8, 4) is 0 Å². The highest BCUT2D eigenvalue weighted by molar-refractivity contribution is 5.64. The number of nitro benzene ring substituents is 1. The topological polar surface area (TPSA) is 72.4 Å². The van der Waals surface area contributed by atoms with Crippen LogP contribution in [0.3, 0.4) is 0 Å². The molecular formula is C14H14FN3O2. The van der Waals surface area contributed by atoms with Crippen molar-refractivity contribution >= 4 is 17.1 Å². The Morgan fingerprint density at radius 3 is 2.50 bits per heavy atom. The van der Waals surface area contributed by atoms with E-state index >= 15 is 0 Å². The molecule has 0 amide bonds. The van der Waals surface area contributed by atoms with Crippen molar-refractivity contribution in [2.75, 3.05) is 17.7 Å². The maximum Gasteiger partial charge on any atom is 0.292 e. The number of rotatable bonds is 4. The van der Waals surface area contributed by atoms with Crippen LogP contribution in [0.25, 0.3) is 0 Å². The summed E-state index contributed by atoms with van der Waals surface area (Å²) >= 11 is 0. The van der Waals surface area contributed by atoms with Gasteiger partial charge in [-0.15, -0.1) is 0 Å². The highest BCUT2D eigenvalue weighted by Crippen LogP contribution is 2.26. The number of nitrogens with two attached hydrogens (primary N) is 1. The molecule has 0 saturated heterocycles. The van der Waals surface area contributed by atoms with Crippen molar-refractivity contribution < 1.29 is 9.31 Å². The molecule has 0 aliphatic rings. The number of halogens is 1. The highest BCUT2D eigenvalue weighted by atomic mass is 19.1. The molecule has 0 unspecified atom stereocenters. The summed E-state index contributed by atoms with van der Waals surface area (Å²) in [5.41, 5.74) is 7.32. The summed E-state index contributed by atoms with van der Waals surface area (Å²) in [7, 11) is 1.81. The average molecular weight is 275 g/mol. The molecule has 2 aromatic carbocycles. The van der Waals surface area contributed by atoms with E-state index in [9.17, 15) is 14.5 Å². The quantitative estimate of drug-likeness (QED) is 0.529. The molecule has 0 aromatic heterocycles. The number of para-hydroxylation sites is 1. The number of hydrogen-bond donors (Lipinski definition) is 1. The summed E-state index contributed by atoms with van der Waals surface area (Å²) in [6.07, 6.45) is 0. The predicted molar refractivity (Wildman–Crippen MR) is 76.0 cm³/mol. The predicted octanol–water partition coefficient (Wildman–Crippen LogP) is 2.95. The molecule has 0 radical (unpaired) electrons. The second-order valence-electron chi connectivity index (χ2n) is 4.44. The first-order valence-electron chi connectivity index (χ1n) is 5.97. The molecule has 0 saturated carbocycles. The van der Waals surface area contributed by atoms with Gasteiger partial charge in [0.05, 0.1) is 4.92 Å². The summed E-state index contributed by atoms with van der Waals surface area (Å²) in [6, 6.07) is 10.7. The number of hydrogen-bond acceptors (Lipinski definition) is 4. The molecule has 0 spiro atoms. The van der Waals surface area contributed by atoms with Crippen LogP contribution in [0, 0.1) is 15.9 Å². The van der Waals surface area contributed by atoms with E-state index in [2.05, 4.69) is 0 Å². The lowest BCUT2D eigenvalue weighted by molar-refractivity contribution is -0.383. The monoisotopic (exact) mass is 275 g/mol. The Morgan fingerprint density at radius 2 is 1.90 bits per heavy atom. The van der Waals surface area contributed by atoms with Crippen molar-refractivity contribution in [2.45, 2.75) is 6.54 Å². The van der Waals surface area contributed by atoms with E-state index in [1.165, 1.54) is 18.2 Å². The Labute approximate surface area is 115 Å². The van der Waals surface area contributed by atoms with Gasteiger partial charge in [0.25, 0.3) is 5.69 Å². The maximum atomic E-state index is 12.9. The first-order valence-corrected chi connectivity index (χ1v) is 5.97. The van der Waals surface area contributed by atoms with Crippen LogP contribution in [0.2, 0.25) is 0 Å². The van der Waals surface area contributed by atoms with Gasteiger partial charge in [-0.25, -0.2) is 4.39 Å². The van der Waals surface area contributed by atoms with Crippen LogP contribution < -0.4 is 10.6 Å². The number of anilines is 2. The smallest absolute Gasteiger partial charge is 0.292 e. The van der Waals surface area contributed by atoms with E-state index < -0.39 is 4.92 Å². The molecule has 0 fully saturated rings. The summed E-state index contributed by atoms with van der Waals surface area (Å²) in [5, 5.41) is 10.8. The van der Waals surface area contributed by atoms with Gasteiger partial charge in [-0.2, -0.15) is 0 Å². The van der Waals surface area contributed by atoms with Crippen molar-refractivity contribution in [3.63, 3.8) is 0 Å². The normalized spacial score (nSPS) is 10.3. The Balaban J connectivity index is 2.23. The van der Waals surface area contributed by atoms with Gasteiger partial charge >= 0.3 is 0 Å². The van der Waals surface area contributed by atoms with Gasteiger partial charge in [-0.1, -0.05) is 12.1 Å². The lowest BCUT2D eigenvalue weighted by atomic mass is 10.1. The van der Waals surface area contributed by atoms with E-state index in [1.807, 2.05) is 11.9 Å². The molecular weight excluding hydrogens is 261 g/mol. The number of nitrogens with zero attached hydrogens (tertiary/aromatic N) is 2. The fourth-order valence-electron chi connectivity index (χ4n) is 1.94. The van der Waals surface area contributed by atoms with Gasteiger partial charge in [-0.3, -0.25) is 10.1 Å². The van der Waals surface area contributed by atoms with Gasteiger partial charge in [0.1, 0.15) is 11.5 Å². The van der Waals surface area contributed by atoms with Crippen LogP contribution in [0.15, 0.2) is 42.5 Å². The summed E-state index contributed by atoms with van der Waals surface area (Å²) in [4.78, 5) is 12.2. The van der Waals surface area contributed by atoms with Gasteiger partial charge in [0.15, 0.2) is 0 Å². The molecule has 2 aromatic rings. The van der Waals surface area contributed by atoms with E-state index in [4.69, 9.17) is 5.73 Å². The molecule has 0 aliphatic heterocycles. The minimum Gasteiger partial charge on any atom is -0.393 e. The highest BCUT2D eigenvalue weighted by Gasteiger charge is 2.15. The van der Waals surface area contributed by atoms with Crippen LogP contribution >= 0.6 is 0 Å². The standard InChI is InChI=1S/C14H14FN3O2/c1-17(12-7-5-11(15)6-8-12)9-10-3-2-4-13(14(10)16)18(19)20/h2-8H,9,16H2,1H3. The van der Waals surface area contributed by atoms with Gasteiger partial charge in [0.2, 0.25) is 0 Å². The molecule has 0 aliphatic carbocycles. The van der Waals surface area contributed by atoms with Crippen LogP contribution in [0.5, 0.6) is 0 Å². The summed E-state index contributed by atoms with van der Waals surface area (Å²) in [6.45, 7) is 0.402. The van der Waals surface area contributed by atoms with Crippen LogP contribution in [0.4, 0.5) is 21.5 Å². The van der Waals surface area contributed by atoms with E-state index in [0.29, 0.717) is 12.1 Å². The Kier molecular flexibility index (Phi) is 3.84. The fraction of sp³-hybridized carbons (Fsp3) is 0.143. The molecule has 0 bridgehead atoms. The zero-order valence-corrected chi connectivity index (χ0v) is 10.9. The number of benzene rings is 2.